The van der Waals surface area contributed by atoms with Gasteiger partial charge in [0.2, 0.25) is 0 Å². The Morgan fingerprint density at radius 2 is 1.97 bits per heavy atom. The maximum absolute atomic E-state index is 12.6. The van der Waals surface area contributed by atoms with Crippen LogP contribution in [0.2, 0.25) is 0 Å². The third kappa shape index (κ3) is 4.68. The molecule has 31 heavy (non-hydrogen) atoms. The maximum Gasteiger partial charge on any atom is 0.340 e. The Bertz CT molecular complexity index is 1430. The summed E-state index contributed by atoms with van der Waals surface area (Å²) in [4.78, 5) is 29.2. The standard InChI is InChI=1S/C20H14BrN3O5S2/c21-13-7-8-17-22-14(10-18(25)24(17)11-13)12-29-20(26)15-4-1-2-5-16(15)23-31(27,28)19-6-3-9-30-19/h1-11,23H,12H2. The van der Waals surface area contributed by atoms with Crippen molar-refractivity contribution in [1.82, 2.24) is 9.38 Å². The molecule has 0 fully saturated rings. The Morgan fingerprint density at radius 3 is 2.74 bits per heavy atom. The average Bonchev–Trinajstić information content (AvgIpc) is 3.29. The second-order valence-corrected chi connectivity index (χ2v) is 10.1. The Hall–Kier alpha value is -3.02. The van der Waals surface area contributed by atoms with Crippen molar-refractivity contribution in [2.24, 2.45) is 0 Å². The van der Waals surface area contributed by atoms with Gasteiger partial charge in [-0.15, -0.1) is 11.3 Å². The van der Waals surface area contributed by atoms with Crippen molar-refractivity contribution in [2.75, 3.05) is 4.72 Å². The predicted octanol–water partition coefficient (Wildman–Crippen LogP) is 3.68. The van der Waals surface area contributed by atoms with Gasteiger partial charge in [-0.25, -0.2) is 18.2 Å². The molecule has 0 radical (unpaired) electrons. The first-order chi connectivity index (χ1) is 14.8. The van der Waals surface area contributed by atoms with E-state index in [4.69, 9.17) is 4.74 Å². The van der Waals surface area contributed by atoms with E-state index in [1.807, 2.05) is 0 Å². The first-order valence-electron chi connectivity index (χ1n) is 8.84. The molecule has 0 amide bonds. The van der Waals surface area contributed by atoms with E-state index in [9.17, 15) is 18.0 Å². The van der Waals surface area contributed by atoms with Crippen molar-refractivity contribution >= 4 is 54.6 Å². The zero-order valence-electron chi connectivity index (χ0n) is 15.7. The highest BCUT2D eigenvalue weighted by molar-refractivity contribution is 9.10. The normalized spacial score (nSPS) is 11.4. The van der Waals surface area contributed by atoms with E-state index in [-0.39, 0.29) is 33.3 Å². The van der Waals surface area contributed by atoms with Crippen LogP contribution in [0.25, 0.3) is 5.65 Å². The van der Waals surface area contributed by atoms with Gasteiger partial charge >= 0.3 is 5.97 Å². The average molecular weight is 520 g/mol. The minimum Gasteiger partial charge on any atom is -0.456 e. The van der Waals surface area contributed by atoms with Gasteiger partial charge < -0.3 is 4.74 Å². The molecule has 3 aromatic heterocycles. The summed E-state index contributed by atoms with van der Waals surface area (Å²) in [6.45, 7) is -0.243. The van der Waals surface area contributed by atoms with Gasteiger partial charge in [-0.1, -0.05) is 18.2 Å². The van der Waals surface area contributed by atoms with Crippen LogP contribution < -0.4 is 10.3 Å². The van der Waals surface area contributed by atoms with Gasteiger partial charge in [0.05, 0.1) is 16.9 Å². The Morgan fingerprint density at radius 1 is 1.16 bits per heavy atom. The second-order valence-electron chi connectivity index (χ2n) is 6.32. The van der Waals surface area contributed by atoms with Crippen molar-refractivity contribution < 1.29 is 17.9 Å². The molecule has 3 heterocycles. The number of fused-ring (bicyclic) bond motifs is 1. The van der Waals surface area contributed by atoms with Crippen molar-refractivity contribution in [3.63, 3.8) is 0 Å². The number of carbonyl (C=O) groups is 1. The number of pyridine rings is 1. The predicted molar refractivity (Wildman–Crippen MR) is 120 cm³/mol. The SMILES string of the molecule is O=C(OCc1cc(=O)n2cc(Br)ccc2n1)c1ccccc1NS(=O)(=O)c1cccs1. The highest BCUT2D eigenvalue weighted by Crippen LogP contribution is 2.23. The smallest absolute Gasteiger partial charge is 0.340 e. The largest absolute Gasteiger partial charge is 0.456 e. The summed E-state index contributed by atoms with van der Waals surface area (Å²) in [6, 6.07) is 13.9. The van der Waals surface area contributed by atoms with Crippen LogP contribution in [0.15, 0.2) is 79.7 Å². The molecule has 4 aromatic rings. The number of ether oxygens (including phenoxy) is 1. The van der Waals surface area contributed by atoms with Crippen LogP contribution in [0.3, 0.4) is 0 Å². The fourth-order valence-electron chi connectivity index (χ4n) is 2.78. The third-order valence-electron chi connectivity index (χ3n) is 4.18. The highest BCUT2D eigenvalue weighted by Gasteiger charge is 2.20. The van der Waals surface area contributed by atoms with Crippen LogP contribution in [-0.2, 0) is 21.4 Å². The number of halogens is 1. The maximum atomic E-state index is 12.6. The van der Waals surface area contributed by atoms with E-state index >= 15 is 0 Å². The molecule has 0 spiro atoms. The Labute approximate surface area is 189 Å². The Balaban J connectivity index is 1.54. The molecule has 0 saturated heterocycles. The molecule has 1 aromatic carbocycles. The number of rotatable bonds is 6. The number of para-hydroxylation sites is 1. The van der Waals surface area contributed by atoms with Gasteiger partial charge in [-0.3, -0.25) is 13.9 Å². The molecule has 0 aliphatic heterocycles. The van der Waals surface area contributed by atoms with Crippen LogP contribution >= 0.6 is 27.3 Å². The number of anilines is 1. The van der Waals surface area contributed by atoms with Crippen LogP contribution in [-0.4, -0.2) is 23.8 Å². The van der Waals surface area contributed by atoms with Gasteiger partial charge in [0.1, 0.15) is 16.5 Å². The summed E-state index contributed by atoms with van der Waals surface area (Å²) < 4.78 is 34.9. The van der Waals surface area contributed by atoms with Crippen molar-refractivity contribution in [2.45, 2.75) is 10.8 Å². The van der Waals surface area contributed by atoms with E-state index in [1.165, 1.54) is 28.7 Å². The molecule has 8 nitrogen and oxygen atoms in total. The zero-order valence-corrected chi connectivity index (χ0v) is 18.9. The Kier molecular flexibility index (Phi) is 5.90. The number of benzene rings is 1. The summed E-state index contributed by atoms with van der Waals surface area (Å²) in [5.74, 6) is -0.748. The minimum absolute atomic E-state index is 0.0454. The number of hydrogen-bond acceptors (Lipinski definition) is 7. The number of nitrogens with one attached hydrogen (secondary N) is 1. The van der Waals surface area contributed by atoms with E-state index in [1.54, 1.807) is 41.9 Å². The molecule has 0 atom stereocenters. The molecule has 0 saturated carbocycles. The van der Waals surface area contributed by atoms with Gasteiger partial charge in [-0.2, -0.15) is 0 Å². The first-order valence-corrected chi connectivity index (χ1v) is 12.0. The summed E-state index contributed by atoms with van der Waals surface area (Å²) >= 11 is 4.36. The lowest BCUT2D eigenvalue weighted by Crippen LogP contribution is -2.18. The van der Waals surface area contributed by atoms with Crippen LogP contribution in [0, 0.1) is 0 Å². The number of carbonyl (C=O) groups excluding carboxylic acids is 1. The summed E-state index contributed by atoms with van der Waals surface area (Å²) in [6.07, 6.45) is 1.59. The van der Waals surface area contributed by atoms with Crippen LogP contribution in [0.1, 0.15) is 16.1 Å². The van der Waals surface area contributed by atoms with Gasteiger partial charge in [0, 0.05) is 16.7 Å². The molecule has 1 N–H and O–H groups in total. The summed E-state index contributed by atoms with van der Waals surface area (Å²) in [5, 5.41) is 1.65. The quantitative estimate of drug-likeness (QED) is 0.389. The van der Waals surface area contributed by atoms with E-state index in [0.717, 1.165) is 15.8 Å². The molecule has 158 valence electrons. The molecule has 0 aliphatic carbocycles. The number of aromatic nitrogens is 2. The number of esters is 1. The zero-order chi connectivity index (χ0) is 22.0. The first kappa shape index (κ1) is 21.2. The molecular formula is C20H14BrN3O5S2. The molecule has 0 unspecified atom stereocenters. The summed E-state index contributed by atoms with van der Waals surface area (Å²) in [7, 11) is -3.83. The summed E-state index contributed by atoms with van der Waals surface area (Å²) in [5.41, 5.74) is 0.506. The molecule has 0 aliphatic rings. The third-order valence-corrected chi connectivity index (χ3v) is 7.41. The van der Waals surface area contributed by atoms with Gasteiger partial charge in [-0.05, 0) is 51.6 Å². The van der Waals surface area contributed by atoms with Gasteiger partial charge in [0.25, 0.3) is 15.6 Å². The minimum atomic E-state index is -3.83. The van der Waals surface area contributed by atoms with Crippen molar-refractivity contribution in [3.8, 4) is 0 Å². The fraction of sp³-hybridized carbons (Fsp3) is 0.0500. The number of sulfonamides is 1. The monoisotopic (exact) mass is 519 g/mol. The van der Waals surface area contributed by atoms with Gasteiger partial charge in [0.15, 0.2) is 0 Å². The molecule has 4 rings (SSSR count). The van der Waals surface area contributed by atoms with Crippen LogP contribution in [0.5, 0.6) is 0 Å². The van der Waals surface area contributed by atoms with Crippen molar-refractivity contribution in [3.05, 3.63) is 92.3 Å². The molecular weight excluding hydrogens is 506 g/mol. The number of hydrogen-bond donors (Lipinski definition) is 1. The number of thiophene rings is 1. The van der Waals surface area contributed by atoms with E-state index in [0.29, 0.717) is 5.65 Å². The van der Waals surface area contributed by atoms with E-state index < -0.39 is 16.0 Å². The lowest BCUT2D eigenvalue weighted by atomic mass is 10.2. The molecule has 0 bridgehead atoms. The lowest BCUT2D eigenvalue weighted by Gasteiger charge is -2.11. The van der Waals surface area contributed by atoms with Crippen molar-refractivity contribution in [1.29, 1.82) is 0 Å². The fourth-order valence-corrected chi connectivity index (χ4v) is 5.19. The van der Waals surface area contributed by atoms with E-state index in [2.05, 4.69) is 25.6 Å². The topological polar surface area (TPSA) is 107 Å². The second kappa shape index (κ2) is 8.61. The molecule has 11 heteroatoms. The lowest BCUT2D eigenvalue weighted by molar-refractivity contribution is 0.0469. The number of nitrogens with zero attached hydrogens (tertiary/aromatic N) is 2. The van der Waals surface area contributed by atoms with Crippen LogP contribution in [0.4, 0.5) is 5.69 Å². The highest BCUT2D eigenvalue weighted by atomic mass is 79.9.